The lowest BCUT2D eigenvalue weighted by Gasteiger charge is -2.59. The van der Waals surface area contributed by atoms with Gasteiger partial charge in [0.25, 0.3) is 0 Å². The first-order chi connectivity index (χ1) is 10.7. The quantitative estimate of drug-likeness (QED) is 0.751. The first-order valence-electron chi connectivity index (χ1n) is 9.74. The summed E-state index contributed by atoms with van der Waals surface area (Å²) in [6, 6.07) is 1.23. The maximum atomic E-state index is 5.67. The second-order valence-electron chi connectivity index (χ2n) is 8.84. The van der Waals surface area contributed by atoms with E-state index in [-0.39, 0.29) is 0 Å². The van der Waals surface area contributed by atoms with Crippen LogP contribution in [0.3, 0.4) is 0 Å². The van der Waals surface area contributed by atoms with Gasteiger partial charge in [0.05, 0.1) is 0 Å². The lowest BCUT2D eigenvalue weighted by atomic mass is 9.47. The van der Waals surface area contributed by atoms with E-state index >= 15 is 0 Å². The maximum Gasteiger partial charge on any atom is 0.166 e. The molecule has 1 unspecified atom stereocenters. The fourth-order valence-corrected chi connectivity index (χ4v) is 7.06. The summed E-state index contributed by atoms with van der Waals surface area (Å²) >= 11 is 5.67. The van der Waals surface area contributed by atoms with Crippen molar-refractivity contribution in [1.82, 2.24) is 10.6 Å². The van der Waals surface area contributed by atoms with Gasteiger partial charge in [0.15, 0.2) is 5.11 Å². The van der Waals surface area contributed by atoms with Crippen LogP contribution in [0.2, 0.25) is 0 Å². The van der Waals surface area contributed by atoms with Crippen LogP contribution in [0.25, 0.3) is 0 Å². The highest BCUT2D eigenvalue weighted by molar-refractivity contribution is 7.80. The van der Waals surface area contributed by atoms with Crippen LogP contribution < -0.4 is 10.6 Å². The van der Waals surface area contributed by atoms with E-state index in [4.69, 9.17) is 12.2 Å². The van der Waals surface area contributed by atoms with Gasteiger partial charge in [-0.05, 0) is 93.2 Å². The molecule has 5 rings (SSSR count). The van der Waals surface area contributed by atoms with E-state index in [0.717, 1.165) is 22.9 Å². The van der Waals surface area contributed by atoms with Gasteiger partial charge >= 0.3 is 0 Å². The van der Waals surface area contributed by atoms with Gasteiger partial charge in [-0.2, -0.15) is 0 Å². The molecule has 0 saturated heterocycles. The Hall–Kier alpha value is -0.310. The van der Waals surface area contributed by atoms with E-state index in [2.05, 4.69) is 17.6 Å². The van der Waals surface area contributed by atoms with Crippen LogP contribution in [0.1, 0.15) is 77.6 Å². The minimum absolute atomic E-state index is 0.560. The zero-order chi connectivity index (χ0) is 15.2. The Kier molecular flexibility index (Phi) is 4.13. The second kappa shape index (κ2) is 5.96. The number of rotatable bonds is 4. The standard InChI is InChI=1S/C19H32N2S/c1-2-17(21-18(22)20-16-5-3-4-6-16)19-10-13-7-14(11-19)9-15(8-13)12-19/h13-17H,2-12H2,1H3,(H2,20,21,22). The molecule has 4 bridgehead atoms. The molecule has 124 valence electrons. The average molecular weight is 321 g/mol. The summed E-state index contributed by atoms with van der Waals surface area (Å²) in [5, 5.41) is 8.31. The molecule has 0 heterocycles. The maximum absolute atomic E-state index is 5.67. The van der Waals surface area contributed by atoms with Gasteiger partial charge in [-0.15, -0.1) is 0 Å². The van der Waals surface area contributed by atoms with Crippen molar-refractivity contribution in [2.24, 2.45) is 23.2 Å². The Morgan fingerprint density at radius 2 is 1.59 bits per heavy atom. The van der Waals surface area contributed by atoms with E-state index in [1.54, 1.807) is 0 Å². The summed E-state index contributed by atoms with van der Waals surface area (Å²) in [5.74, 6) is 3.08. The molecule has 5 aliphatic carbocycles. The topological polar surface area (TPSA) is 24.1 Å². The molecule has 0 aromatic carbocycles. The third kappa shape index (κ3) is 2.79. The zero-order valence-electron chi connectivity index (χ0n) is 14.1. The number of nitrogens with one attached hydrogen (secondary N) is 2. The Labute approximate surface area is 141 Å². The second-order valence-corrected chi connectivity index (χ2v) is 9.25. The third-order valence-corrected chi connectivity index (χ3v) is 7.46. The molecule has 0 aliphatic heterocycles. The van der Waals surface area contributed by atoms with Crippen molar-refractivity contribution < 1.29 is 0 Å². The van der Waals surface area contributed by atoms with Crippen molar-refractivity contribution in [2.45, 2.75) is 89.6 Å². The van der Waals surface area contributed by atoms with Gasteiger partial charge in [0.2, 0.25) is 0 Å². The van der Waals surface area contributed by atoms with Gasteiger partial charge in [-0.25, -0.2) is 0 Å². The highest BCUT2D eigenvalue weighted by Gasteiger charge is 2.53. The van der Waals surface area contributed by atoms with Crippen LogP contribution in [0.15, 0.2) is 0 Å². The summed E-state index contributed by atoms with van der Waals surface area (Å²) in [6.45, 7) is 2.36. The molecule has 5 aliphatic rings. The Morgan fingerprint density at radius 3 is 2.09 bits per heavy atom. The van der Waals surface area contributed by atoms with Crippen molar-refractivity contribution in [3.05, 3.63) is 0 Å². The van der Waals surface area contributed by atoms with Gasteiger partial charge < -0.3 is 10.6 Å². The highest BCUT2D eigenvalue weighted by atomic mass is 32.1. The van der Waals surface area contributed by atoms with Crippen molar-refractivity contribution >= 4 is 17.3 Å². The largest absolute Gasteiger partial charge is 0.360 e. The van der Waals surface area contributed by atoms with Crippen LogP contribution in [0, 0.1) is 23.2 Å². The number of hydrogen-bond acceptors (Lipinski definition) is 1. The van der Waals surface area contributed by atoms with Crippen LogP contribution >= 0.6 is 12.2 Å². The lowest BCUT2D eigenvalue weighted by molar-refractivity contribution is -0.0711. The molecule has 2 N–H and O–H groups in total. The molecule has 0 aromatic heterocycles. The Morgan fingerprint density at radius 1 is 1.05 bits per heavy atom. The molecule has 1 atom stereocenters. The molecule has 22 heavy (non-hydrogen) atoms. The van der Waals surface area contributed by atoms with E-state index in [1.807, 2.05) is 0 Å². The lowest BCUT2D eigenvalue weighted by Crippen LogP contribution is -2.58. The molecule has 0 aromatic rings. The molecular formula is C19H32N2S. The van der Waals surface area contributed by atoms with Crippen LogP contribution in [0.4, 0.5) is 0 Å². The van der Waals surface area contributed by atoms with Crippen molar-refractivity contribution in [3.8, 4) is 0 Å². The normalized spacial score (nSPS) is 41.6. The number of hydrogen-bond donors (Lipinski definition) is 2. The molecular weight excluding hydrogens is 288 g/mol. The van der Waals surface area contributed by atoms with Crippen LogP contribution in [-0.2, 0) is 0 Å². The fourth-order valence-electron chi connectivity index (χ4n) is 6.75. The van der Waals surface area contributed by atoms with E-state index < -0.39 is 0 Å². The minimum Gasteiger partial charge on any atom is -0.360 e. The average Bonchev–Trinajstić information content (AvgIpc) is 2.96. The molecule has 5 saturated carbocycles. The molecule has 2 nitrogen and oxygen atoms in total. The predicted molar refractivity (Wildman–Crippen MR) is 95.8 cm³/mol. The summed E-state index contributed by atoms with van der Waals surface area (Å²) in [4.78, 5) is 0. The minimum atomic E-state index is 0.560. The van der Waals surface area contributed by atoms with Crippen LogP contribution in [-0.4, -0.2) is 17.2 Å². The highest BCUT2D eigenvalue weighted by Crippen LogP contribution is 2.61. The van der Waals surface area contributed by atoms with Gasteiger partial charge in [-0.1, -0.05) is 19.8 Å². The van der Waals surface area contributed by atoms with E-state index in [9.17, 15) is 0 Å². The Balaban J connectivity index is 1.41. The molecule has 0 amide bonds. The van der Waals surface area contributed by atoms with E-state index in [0.29, 0.717) is 17.5 Å². The molecule has 3 heteroatoms. The van der Waals surface area contributed by atoms with Crippen LogP contribution in [0.5, 0.6) is 0 Å². The smallest absolute Gasteiger partial charge is 0.166 e. The van der Waals surface area contributed by atoms with Gasteiger partial charge in [0.1, 0.15) is 0 Å². The van der Waals surface area contributed by atoms with Gasteiger partial charge in [-0.3, -0.25) is 0 Å². The predicted octanol–water partition coefficient (Wildman–Crippen LogP) is 4.39. The van der Waals surface area contributed by atoms with E-state index in [1.165, 1.54) is 70.6 Å². The van der Waals surface area contributed by atoms with Crippen molar-refractivity contribution in [1.29, 1.82) is 0 Å². The van der Waals surface area contributed by atoms with Crippen molar-refractivity contribution in [3.63, 3.8) is 0 Å². The first-order valence-corrected chi connectivity index (χ1v) is 10.1. The monoisotopic (exact) mass is 320 g/mol. The molecule has 5 fully saturated rings. The summed E-state index contributed by atoms with van der Waals surface area (Å²) < 4.78 is 0. The van der Waals surface area contributed by atoms with Gasteiger partial charge in [0, 0.05) is 12.1 Å². The summed E-state index contributed by atoms with van der Waals surface area (Å²) in [7, 11) is 0. The SMILES string of the molecule is CCC(NC(=S)NC1CCCC1)C12CC3CC(CC(C3)C1)C2. The fraction of sp³-hybridized carbons (Fsp3) is 0.947. The third-order valence-electron chi connectivity index (χ3n) is 7.23. The van der Waals surface area contributed by atoms with Crippen molar-refractivity contribution in [2.75, 3.05) is 0 Å². The summed E-state index contributed by atoms with van der Waals surface area (Å²) in [5.41, 5.74) is 0.560. The molecule has 0 radical (unpaired) electrons. The molecule has 0 spiro atoms. The first kappa shape index (κ1) is 15.2. The Bertz CT molecular complexity index is 392. The number of thiocarbonyl (C=S) groups is 1. The zero-order valence-corrected chi connectivity index (χ0v) is 14.9. The summed E-state index contributed by atoms with van der Waals surface area (Å²) in [6.07, 6.45) is 15.6.